The molecule has 0 unspecified atom stereocenters. The molecule has 0 atom stereocenters. The van der Waals surface area contributed by atoms with E-state index in [-0.39, 0.29) is 53.3 Å². The number of fused-ring (bicyclic) bond motifs is 6. The molecule has 22 heteroatoms. The van der Waals surface area contributed by atoms with E-state index < -0.39 is 17.4 Å². The van der Waals surface area contributed by atoms with Crippen LogP contribution in [0, 0.1) is 0 Å². The molecular formula is C54H64N12O10. The molecule has 4 aromatic heterocycles. The highest BCUT2D eigenvalue weighted by atomic mass is 16.5. The van der Waals surface area contributed by atoms with Gasteiger partial charge in [0.25, 0.3) is 11.8 Å². The summed E-state index contributed by atoms with van der Waals surface area (Å²) in [6, 6.07) is 10.7. The maximum atomic E-state index is 12.9. The van der Waals surface area contributed by atoms with Crippen LogP contribution in [0.4, 0.5) is 23.3 Å². The molecule has 6 aromatic rings. The number of benzene rings is 2. The molecule has 2 aliphatic carbocycles. The number of nitrogens with one attached hydrogen (secondary N) is 4. The number of carboxylic acid groups (broad SMARTS) is 1. The van der Waals surface area contributed by atoms with Crippen LogP contribution in [0.5, 0.6) is 11.5 Å². The third-order valence-corrected chi connectivity index (χ3v) is 14.5. The van der Waals surface area contributed by atoms with E-state index >= 15 is 0 Å². The Kier molecular flexibility index (Phi) is 15.1. The van der Waals surface area contributed by atoms with E-state index in [1.807, 2.05) is 13.8 Å². The first-order valence-electron chi connectivity index (χ1n) is 25.4. The molecule has 2 fully saturated rings. The minimum Gasteiger partial charge on any atom is -0.495 e. The van der Waals surface area contributed by atoms with E-state index in [0.717, 1.165) is 63.0 Å². The van der Waals surface area contributed by atoms with Crippen LogP contribution in [0.1, 0.15) is 124 Å². The monoisotopic (exact) mass is 1040 g/mol. The van der Waals surface area contributed by atoms with E-state index in [4.69, 9.17) is 28.2 Å². The lowest BCUT2D eigenvalue weighted by Crippen LogP contribution is -2.43. The highest BCUT2D eigenvalue weighted by Crippen LogP contribution is 2.45. The van der Waals surface area contributed by atoms with Crippen molar-refractivity contribution in [3.05, 3.63) is 93.6 Å². The molecule has 2 aliphatic heterocycles. The second-order valence-corrected chi connectivity index (χ2v) is 20.9. The van der Waals surface area contributed by atoms with Crippen molar-refractivity contribution in [1.82, 2.24) is 50.7 Å². The van der Waals surface area contributed by atoms with Gasteiger partial charge in [0.05, 0.1) is 32.2 Å². The summed E-state index contributed by atoms with van der Waals surface area (Å²) in [7, 11) is 7.25. The lowest BCUT2D eigenvalue weighted by Gasteiger charge is -2.30. The Morgan fingerprint density at radius 1 is 0.671 bits per heavy atom. The predicted molar refractivity (Wildman–Crippen MR) is 280 cm³/mol. The topological polar surface area (TPSA) is 274 Å². The van der Waals surface area contributed by atoms with Gasteiger partial charge in [-0.15, -0.1) is 0 Å². The fraction of sp³-hybridized carbons (Fsp3) is 0.444. The van der Waals surface area contributed by atoms with Crippen LogP contribution < -0.4 is 30.7 Å². The number of carbonyl (C=O) groups excluding carboxylic acids is 3. The zero-order valence-corrected chi connectivity index (χ0v) is 44.3. The lowest BCUT2D eigenvalue weighted by molar-refractivity contribution is 0.0512. The third kappa shape index (κ3) is 11.0. The van der Waals surface area contributed by atoms with Gasteiger partial charge in [-0.2, -0.15) is 0 Å². The largest absolute Gasteiger partial charge is 0.495 e. The summed E-state index contributed by atoms with van der Waals surface area (Å²) in [5, 5.41) is 29.9. The van der Waals surface area contributed by atoms with Crippen LogP contribution in [-0.4, -0.2) is 142 Å². The number of anilines is 4. The molecule has 4 aliphatic rings. The lowest BCUT2D eigenvalue weighted by atomic mass is 9.74. The number of piperidine rings is 2. The molecule has 6 heterocycles. The summed E-state index contributed by atoms with van der Waals surface area (Å²) < 4.78 is 27.3. The molecule has 400 valence electrons. The number of carboxylic acids is 1. The molecular weight excluding hydrogens is 977 g/mol. The van der Waals surface area contributed by atoms with Crippen LogP contribution >= 0.6 is 0 Å². The fourth-order valence-electron chi connectivity index (χ4n) is 10.1. The molecule has 22 nitrogen and oxygen atoms in total. The van der Waals surface area contributed by atoms with E-state index in [9.17, 15) is 24.3 Å². The van der Waals surface area contributed by atoms with Crippen molar-refractivity contribution in [3.63, 3.8) is 0 Å². The molecule has 0 saturated carbocycles. The standard InChI is InChI=1S/C28H34N6O5.C26H30N6O5/c1-6-38-26(36)22-18-14-28(2,3)19-15-29-27(32-23(19)24(18)39-33-22)31-20-8-7-16(13-21(20)37-5)25(35)30-17-9-11-34(4)12-10-17;1-26(2)12-16-20(24(34)35)31-37-22(16)21-17(26)13-27-25(30-21)29-18-6-5-14(11-19(18)36-4)23(33)28-15-7-9-32(3)10-8-15/h7-8,13,15,17H,6,9-12,14H2,1-5H3,(H,30,35)(H,29,31,32);5-6,11,13,15H,7-10,12H2,1-4H3,(H,28,33)(H,34,35)(H,27,29,30). The predicted octanol–water partition coefficient (Wildman–Crippen LogP) is 6.96. The summed E-state index contributed by atoms with van der Waals surface area (Å²) in [6.07, 6.45) is 8.17. The number of carbonyl (C=O) groups is 4. The molecule has 10 rings (SSSR count). The van der Waals surface area contributed by atoms with Crippen molar-refractivity contribution in [3.8, 4) is 34.4 Å². The molecule has 76 heavy (non-hydrogen) atoms. The average Bonchev–Trinajstić information content (AvgIpc) is 4.02. The van der Waals surface area contributed by atoms with Crippen LogP contribution in [0.15, 0.2) is 57.8 Å². The summed E-state index contributed by atoms with van der Waals surface area (Å²) in [6.45, 7) is 14.0. The molecule has 2 saturated heterocycles. The van der Waals surface area contributed by atoms with Crippen molar-refractivity contribution >= 4 is 47.0 Å². The van der Waals surface area contributed by atoms with Gasteiger partial charge < -0.3 is 59.4 Å². The summed E-state index contributed by atoms with van der Waals surface area (Å²) in [4.78, 5) is 72.7. The van der Waals surface area contributed by atoms with Gasteiger partial charge in [0.2, 0.25) is 11.9 Å². The normalized spacial score (nSPS) is 16.8. The van der Waals surface area contributed by atoms with Gasteiger partial charge in [-0.05, 0) is 133 Å². The second kappa shape index (κ2) is 21.7. The second-order valence-electron chi connectivity index (χ2n) is 20.9. The Labute approximate surface area is 439 Å². The fourth-order valence-corrected chi connectivity index (χ4v) is 10.1. The molecule has 0 radical (unpaired) electrons. The number of nitrogens with zero attached hydrogens (tertiary/aromatic N) is 8. The SMILES string of the molecule is CCOC(=O)c1noc2c1CC(C)(C)c1cnc(Nc3ccc(C(=O)NC4CCN(C)CC4)cc3OC)nc1-2.COc1cc(C(=O)NC2CCN(C)CC2)ccc1Nc1ncc2c(n1)-c1onc(C(=O)O)c1CC2(C)C. The molecule has 2 aromatic carbocycles. The Hall–Kier alpha value is -7.98. The average molecular weight is 1040 g/mol. The number of methoxy groups -OCH3 is 2. The molecule has 2 amide bonds. The number of ether oxygens (including phenoxy) is 3. The van der Waals surface area contributed by atoms with Gasteiger partial charge in [0, 0.05) is 57.9 Å². The van der Waals surface area contributed by atoms with Gasteiger partial charge in [-0.25, -0.2) is 29.5 Å². The number of aromatic carboxylic acids is 1. The Morgan fingerprint density at radius 3 is 1.50 bits per heavy atom. The summed E-state index contributed by atoms with van der Waals surface area (Å²) in [5.41, 5.74) is 5.51. The zero-order valence-electron chi connectivity index (χ0n) is 44.3. The zero-order chi connectivity index (χ0) is 54.1. The number of esters is 1. The summed E-state index contributed by atoms with van der Waals surface area (Å²) >= 11 is 0. The molecule has 5 N–H and O–H groups in total. The minimum absolute atomic E-state index is 0.0994. The Bertz CT molecular complexity index is 3170. The minimum atomic E-state index is -1.14. The number of aromatic nitrogens is 6. The maximum Gasteiger partial charge on any atom is 0.360 e. The summed E-state index contributed by atoms with van der Waals surface area (Å²) in [5.74, 6) is 0.390. The van der Waals surface area contributed by atoms with Crippen molar-refractivity contribution in [2.45, 2.75) is 96.1 Å². The first kappa shape index (κ1) is 52.9. The highest BCUT2D eigenvalue weighted by Gasteiger charge is 2.41. The van der Waals surface area contributed by atoms with E-state index in [1.54, 1.807) is 62.8 Å². The van der Waals surface area contributed by atoms with Crippen molar-refractivity contribution in [1.29, 1.82) is 0 Å². The quantitative estimate of drug-likeness (QED) is 0.0731. The van der Waals surface area contributed by atoms with Crippen molar-refractivity contribution in [2.75, 3.05) is 71.7 Å². The van der Waals surface area contributed by atoms with Crippen LogP contribution in [0.25, 0.3) is 22.9 Å². The molecule has 0 bridgehead atoms. The van der Waals surface area contributed by atoms with Gasteiger partial charge in [-0.1, -0.05) is 38.0 Å². The number of likely N-dealkylation sites (tertiary alicyclic amines) is 2. The van der Waals surface area contributed by atoms with Crippen LogP contribution in [0.3, 0.4) is 0 Å². The van der Waals surface area contributed by atoms with E-state index in [1.165, 1.54) is 7.11 Å². The van der Waals surface area contributed by atoms with Crippen molar-refractivity contribution < 1.29 is 47.5 Å². The van der Waals surface area contributed by atoms with Crippen molar-refractivity contribution in [2.24, 2.45) is 0 Å². The molecule has 0 spiro atoms. The van der Waals surface area contributed by atoms with Gasteiger partial charge >= 0.3 is 11.9 Å². The first-order valence-corrected chi connectivity index (χ1v) is 25.4. The highest BCUT2D eigenvalue weighted by molar-refractivity contribution is 5.97. The van der Waals surface area contributed by atoms with Crippen LogP contribution in [0.2, 0.25) is 0 Å². The number of hydrogen-bond donors (Lipinski definition) is 5. The van der Waals surface area contributed by atoms with E-state index in [0.29, 0.717) is 86.8 Å². The first-order chi connectivity index (χ1) is 36.4. The van der Waals surface area contributed by atoms with E-state index in [2.05, 4.69) is 84.3 Å². The number of amides is 2. The Balaban J connectivity index is 0.000000186. The third-order valence-electron chi connectivity index (χ3n) is 14.5. The maximum absolute atomic E-state index is 12.9. The van der Waals surface area contributed by atoms with Gasteiger partial charge in [-0.3, -0.25) is 9.59 Å². The van der Waals surface area contributed by atoms with Gasteiger partial charge in [0.1, 0.15) is 22.9 Å². The smallest absolute Gasteiger partial charge is 0.360 e. The van der Waals surface area contributed by atoms with Crippen LogP contribution in [-0.2, 0) is 28.4 Å². The van der Waals surface area contributed by atoms with Gasteiger partial charge in [0.15, 0.2) is 22.9 Å². The number of hydrogen-bond acceptors (Lipinski definition) is 19. The number of rotatable bonds is 13. The Morgan fingerprint density at radius 2 is 1.09 bits per heavy atom.